The minimum Gasteiger partial charge on any atom is -0.462 e. The van der Waals surface area contributed by atoms with Crippen molar-refractivity contribution in [3.63, 3.8) is 0 Å². The molecule has 1 aromatic carbocycles. The zero-order valence-corrected chi connectivity index (χ0v) is 15.7. The highest BCUT2D eigenvalue weighted by molar-refractivity contribution is 5.94. The van der Waals surface area contributed by atoms with Crippen LogP contribution in [-0.2, 0) is 17.9 Å². The Morgan fingerprint density at radius 3 is 2.86 bits per heavy atom. The van der Waals surface area contributed by atoms with Crippen LogP contribution in [-0.4, -0.2) is 40.7 Å². The number of carbonyl (C=O) groups excluding carboxylic acids is 1. The van der Waals surface area contributed by atoms with E-state index in [0.717, 1.165) is 24.9 Å². The van der Waals surface area contributed by atoms with Crippen molar-refractivity contribution >= 4 is 17.7 Å². The first-order valence-corrected chi connectivity index (χ1v) is 9.50. The van der Waals surface area contributed by atoms with Gasteiger partial charge in [-0.1, -0.05) is 12.1 Å². The molecule has 2 N–H and O–H groups in total. The van der Waals surface area contributed by atoms with Crippen LogP contribution in [0.5, 0.6) is 0 Å². The lowest BCUT2D eigenvalue weighted by molar-refractivity contribution is 0.0526. The molecular weight excluding hydrogens is 363 g/mol. The average molecular weight is 386 g/mol. The molecule has 0 spiro atoms. The van der Waals surface area contributed by atoms with Gasteiger partial charge in [-0.2, -0.15) is 4.98 Å². The molecule has 0 amide bonds. The molecule has 148 valence electrons. The van der Waals surface area contributed by atoms with E-state index in [4.69, 9.17) is 9.84 Å². The molecule has 0 radical (unpaired) electrons. The Kier molecular flexibility index (Phi) is 5.13. The normalized spacial score (nSPS) is 20.0. The second kappa shape index (κ2) is 7.71. The van der Waals surface area contributed by atoms with E-state index in [9.17, 15) is 9.18 Å². The molecule has 2 atom stereocenters. The predicted octanol–water partition coefficient (Wildman–Crippen LogP) is 2.35. The zero-order chi connectivity index (χ0) is 19.7. The molecule has 2 aromatic rings. The third kappa shape index (κ3) is 3.77. The third-order valence-corrected chi connectivity index (χ3v) is 5.28. The van der Waals surface area contributed by atoms with Crippen molar-refractivity contribution in [2.75, 3.05) is 29.9 Å². The number of carbonyl (C=O) groups is 1. The Morgan fingerprint density at radius 2 is 2.18 bits per heavy atom. The number of esters is 1. The number of anilines is 2. The fourth-order valence-corrected chi connectivity index (χ4v) is 3.59. The lowest BCUT2D eigenvalue weighted by atomic mass is 10.1. The van der Waals surface area contributed by atoms with E-state index in [-0.39, 0.29) is 30.9 Å². The van der Waals surface area contributed by atoms with E-state index in [1.165, 1.54) is 18.7 Å². The number of benzene rings is 1. The van der Waals surface area contributed by atoms with Gasteiger partial charge < -0.3 is 20.1 Å². The van der Waals surface area contributed by atoms with Crippen LogP contribution in [0.4, 0.5) is 16.2 Å². The number of aliphatic hydroxyl groups excluding tert-OH is 1. The summed E-state index contributed by atoms with van der Waals surface area (Å²) in [5, 5.41) is 12.2. The summed E-state index contributed by atoms with van der Waals surface area (Å²) >= 11 is 0. The van der Waals surface area contributed by atoms with Crippen LogP contribution in [0, 0.1) is 17.7 Å². The monoisotopic (exact) mass is 386 g/mol. The fourth-order valence-electron chi connectivity index (χ4n) is 3.59. The number of halogens is 1. The quantitative estimate of drug-likeness (QED) is 0.706. The smallest absolute Gasteiger partial charge is 0.343 e. The van der Waals surface area contributed by atoms with Crippen LogP contribution in [0.2, 0.25) is 0 Å². The molecule has 1 aliphatic heterocycles. The topological polar surface area (TPSA) is 87.6 Å². The Bertz CT molecular complexity index is 882. The Balaban J connectivity index is 1.55. The van der Waals surface area contributed by atoms with E-state index in [1.807, 2.05) is 0 Å². The SMILES string of the molecule is CCOC(=O)c1cnc(N2CC3CC3C2)nc1NCc1ccc(CO)c(F)c1. The van der Waals surface area contributed by atoms with Gasteiger partial charge in [0, 0.05) is 31.4 Å². The summed E-state index contributed by atoms with van der Waals surface area (Å²) in [4.78, 5) is 23.3. The number of aromatic nitrogens is 2. The van der Waals surface area contributed by atoms with Crippen molar-refractivity contribution < 1.29 is 19.0 Å². The number of hydrogen-bond acceptors (Lipinski definition) is 7. The summed E-state index contributed by atoms with van der Waals surface area (Å²) in [5.41, 5.74) is 1.17. The maximum absolute atomic E-state index is 13.9. The molecular formula is C20H23FN4O3. The number of nitrogens with one attached hydrogen (secondary N) is 1. The van der Waals surface area contributed by atoms with Gasteiger partial charge in [0.05, 0.1) is 13.2 Å². The zero-order valence-electron chi connectivity index (χ0n) is 15.7. The Labute approximate surface area is 162 Å². The number of piperidine rings is 1. The van der Waals surface area contributed by atoms with Crippen LogP contribution in [0.15, 0.2) is 24.4 Å². The highest BCUT2D eigenvalue weighted by Gasteiger charge is 2.45. The van der Waals surface area contributed by atoms with Crippen molar-refractivity contribution in [1.82, 2.24) is 9.97 Å². The molecule has 0 bridgehead atoms. The average Bonchev–Trinajstić information content (AvgIpc) is 3.31. The van der Waals surface area contributed by atoms with Gasteiger partial charge in [0.25, 0.3) is 0 Å². The number of ether oxygens (including phenoxy) is 1. The molecule has 1 saturated heterocycles. The number of fused-ring (bicyclic) bond motifs is 1. The summed E-state index contributed by atoms with van der Waals surface area (Å²) in [6.45, 7) is 3.80. The molecule has 7 nitrogen and oxygen atoms in total. The van der Waals surface area contributed by atoms with E-state index < -0.39 is 11.8 Å². The number of hydrogen-bond donors (Lipinski definition) is 2. The summed E-state index contributed by atoms with van der Waals surface area (Å²) in [5.74, 6) is 1.46. The van der Waals surface area contributed by atoms with E-state index in [0.29, 0.717) is 17.3 Å². The largest absolute Gasteiger partial charge is 0.462 e. The Hall–Kier alpha value is -2.74. The second-order valence-electron chi connectivity index (χ2n) is 7.25. The molecule has 2 aliphatic rings. The van der Waals surface area contributed by atoms with Gasteiger partial charge in [0.2, 0.25) is 5.95 Å². The maximum atomic E-state index is 13.9. The first kappa shape index (κ1) is 18.6. The van der Waals surface area contributed by atoms with Crippen LogP contribution in [0.25, 0.3) is 0 Å². The molecule has 2 heterocycles. The third-order valence-electron chi connectivity index (χ3n) is 5.28. The van der Waals surface area contributed by atoms with Crippen LogP contribution in [0.1, 0.15) is 34.8 Å². The van der Waals surface area contributed by atoms with Gasteiger partial charge in [-0.25, -0.2) is 14.2 Å². The maximum Gasteiger partial charge on any atom is 0.343 e. The van der Waals surface area contributed by atoms with E-state index in [1.54, 1.807) is 19.1 Å². The number of nitrogens with zero attached hydrogens (tertiary/aromatic N) is 3. The minimum absolute atomic E-state index is 0.243. The predicted molar refractivity (Wildman–Crippen MR) is 101 cm³/mol. The molecule has 1 aromatic heterocycles. The number of rotatable bonds is 7. The lowest BCUT2D eigenvalue weighted by Crippen LogP contribution is -2.25. The molecule has 8 heteroatoms. The van der Waals surface area contributed by atoms with E-state index in [2.05, 4.69) is 20.2 Å². The van der Waals surface area contributed by atoms with Crippen molar-refractivity contribution in [2.24, 2.45) is 11.8 Å². The van der Waals surface area contributed by atoms with Crippen molar-refractivity contribution in [2.45, 2.75) is 26.5 Å². The van der Waals surface area contributed by atoms with Gasteiger partial charge in [-0.3, -0.25) is 0 Å². The van der Waals surface area contributed by atoms with Gasteiger partial charge in [-0.05, 0) is 36.8 Å². The van der Waals surface area contributed by atoms with Crippen molar-refractivity contribution in [3.05, 3.63) is 46.9 Å². The van der Waals surface area contributed by atoms with E-state index >= 15 is 0 Å². The van der Waals surface area contributed by atoms with Gasteiger partial charge in [-0.15, -0.1) is 0 Å². The molecule has 28 heavy (non-hydrogen) atoms. The Morgan fingerprint density at radius 1 is 1.39 bits per heavy atom. The van der Waals surface area contributed by atoms with Gasteiger partial charge in [0.15, 0.2) is 0 Å². The fraction of sp³-hybridized carbons (Fsp3) is 0.450. The van der Waals surface area contributed by atoms with Crippen LogP contribution in [0.3, 0.4) is 0 Å². The molecule has 1 saturated carbocycles. The van der Waals surface area contributed by atoms with Gasteiger partial charge >= 0.3 is 5.97 Å². The first-order chi connectivity index (χ1) is 13.6. The van der Waals surface area contributed by atoms with Gasteiger partial charge in [0.1, 0.15) is 17.2 Å². The summed E-state index contributed by atoms with van der Waals surface area (Å²) < 4.78 is 19.0. The molecule has 4 rings (SSSR count). The highest BCUT2D eigenvalue weighted by Crippen LogP contribution is 2.45. The molecule has 1 aliphatic carbocycles. The minimum atomic E-state index is -0.498. The lowest BCUT2D eigenvalue weighted by Gasteiger charge is -2.19. The molecule has 2 unspecified atom stereocenters. The summed E-state index contributed by atoms with van der Waals surface area (Å²) in [6.07, 6.45) is 2.76. The van der Waals surface area contributed by atoms with Crippen LogP contribution >= 0.6 is 0 Å². The van der Waals surface area contributed by atoms with Crippen molar-refractivity contribution in [1.29, 1.82) is 0 Å². The van der Waals surface area contributed by atoms with Crippen LogP contribution < -0.4 is 10.2 Å². The highest BCUT2D eigenvalue weighted by atomic mass is 19.1. The standard InChI is InChI=1S/C20H23FN4O3/c1-2-28-19(27)16-8-23-20(25-9-14-6-15(14)10-25)24-18(16)22-7-12-3-4-13(11-26)17(21)5-12/h3-5,8,14-15,26H,2,6-7,9-11H2,1H3,(H,22,23,24). The second-order valence-corrected chi connectivity index (χ2v) is 7.25. The first-order valence-electron chi connectivity index (χ1n) is 9.50. The number of aliphatic hydroxyl groups is 1. The molecule has 2 fully saturated rings. The van der Waals surface area contributed by atoms with Crippen molar-refractivity contribution in [3.8, 4) is 0 Å². The summed E-state index contributed by atoms with van der Waals surface area (Å²) in [7, 11) is 0. The summed E-state index contributed by atoms with van der Waals surface area (Å²) in [6, 6.07) is 4.63.